The molecule has 0 atom stereocenters. The summed E-state index contributed by atoms with van der Waals surface area (Å²) in [6.45, 7) is 3.45. The van der Waals surface area contributed by atoms with Gasteiger partial charge in [0.1, 0.15) is 5.82 Å². The highest BCUT2D eigenvalue weighted by Crippen LogP contribution is 2.15. The predicted molar refractivity (Wildman–Crippen MR) is 73.2 cm³/mol. The van der Waals surface area contributed by atoms with Crippen molar-refractivity contribution in [1.82, 2.24) is 4.98 Å². The van der Waals surface area contributed by atoms with Gasteiger partial charge < -0.3 is 10.0 Å². The monoisotopic (exact) mass is 270 g/mol. The summed E-state index contributed by atoms with van der Waals surface area (Å²) >= 11 is 5.80. The first-order valence-corrected chi connectivity index (χ1v) is 6.59. The second-order valence-corrected chi connectivity index (χ2v) is 4.61. The molecule has 0 aliphatic rings. The van der Waals surface area contributed by atoms with E-state index >= 15 is 0 Å². The van der Waals surface area contributed by atoms with Crippen LogP contribution < -0.4 is 4.90 Å². The summed E-state index contributed by atoms with van der Waals surface area (Å²) in [5.41, 5.74) is 0. The van der Waals surface area contributed by atoms with Crippen LogP contribution in [0.2, 0.25) is 5.02 Å². The Kier molecular flexibility index (Phi) is 6.50. The molecule has 1 heterocycles. The molecule has 18 heavy (non-hydrogen) atoms. The Morgan fingerprint density at radius 2 is 2.17 bits per heavy atom. The molecule has 0 saturated carbocycles. The van der Waals surface area contributed by atoms with Crippen LogP contribution in [0.1, 0.15) is 32.6 Å². The van der Waals surface area contributed by atoms with E-state index in [1.54, 1.807) is 12.3 Å². The van der Waals surface area contributed by atoms with Gasteiger partial charge in [-0.25, -0.2) is 4.98 Å². The van der Waals surface area contributed by atoms with Gasteiger partial charge >= 0.3 is 5.97 Å². The van der Waals surface area contributed by atoms with Crippen LogP contribution in [0.15, 0.2) is 18.3 Å². The molecule has 0 spiro atoms. The molecule has 100 valence electrons. The van der Waals surface area contributed by atoms with Crippen molar-refractivity contribution in [1.29, 1.82) is 0 Å². The molecule has 1 rings (SSSR count). The van der Waals surface area contributed by atoms with Gasteiger partial charge in [-0.1, -0.05) is 31.4 Å². The highest BCUT2D eigenvalue weighted by atomic mass is 35.5. The van der Waals surface area contributed by atoms with Gasteiger partial charge in [0, 0.05) is 19.3 Å². The number of nitrogens with zero attached hydrogens (tertiary/aromatic N) is 2. The highest BCUT2D eigenvalue weighted by molar-refractivity contribution is 6.30. The molecule has 0 unspecified atom stereocenters. The molecule has 0 aliphatic carbocycles. The van der Waals surface area contributed by atoms with E-state index in [0.717, 1.165) is 31.6 Å². The molecule has 1 aromatic heterocycles. The molecule has 4 nitrogen and oxygen atoms in total. The average Bonchev–Trinajstić information content (AvgIpc) is 2.34. The number of hydrogen-bond donors (Lipinski definition) is 1. The van der Waals surface area contributed by atoms with Gasteiger partial charge in [-0.2, -0.15) is 0 Å². The van der Waals surface area contributed by atoms with E-state index in [2.05, 4.69) is 11.9 Å². The van der Waals surface area contributed by atoms with Gasteiger partial charge in [0.05, 0.1) is 11.4 Å². The van der Waals surface area contributed by atoms with Crippen molar-refractivity contribution >= 4 is 23.4 Å². The Balaban J connectivity index is 2.62. The van der Waals surface area contributed by atoms with Crippen LogP contribution >= 0.6 is 11.6 Å². The summed E-state index contributed by atoms with van der Waals surface area (Å²) in [5, 5.41) is 9.35. The molecule has 0 saturated heterocycles. The van der Waals surface area contributed by atoms with Crippen LogP contribution in [-0.2, 0) is 4.79 Å². The number of anilines is 1. The first kappa shape index (κ1) is 14.8. The van der Waals surface area contributed by atoms with Crippen molar-refractivity contribution in [3.8, 4) is 0 Å². The smallest absolute Gasteiger partial charge is 0.305 e. The quantitative estimate of drug-likeness (QED) is 0.737. The standard InChI is InChI=1S/C13H19ClN2O2/c1-2-3-4-8-16(9-7-13(17)18)12-6-5-11(14)10-15-12/h5-6,10H,2-4,7-9H2,1H3,(H,17,18). The Morgan fingerprint density at radius 3 is 2.72 bits per heavy atom. The summed E-state index contributed by atoms with van der Waals surface area (Å²) in [6.07, 6.45) is 5.03. The van der Waals surface area contributed by atoms with Crippen LogP contribution in [0.4, 0.5) is 5.82 Å². The fraction of sp³-hybridized carbons (Fsp3) is 0.538. The predicted octanol–water partition coefficient (Wildman–Crippen LogP) is 3.21. The zero-order valence-electron chi connectivity index (χ0n) is 10.6. The maximum absolute atomic E-state index is 10.7. The van der Waals surface area contributed by atoms with Gasteiger partial charge in [0.25, 0.3) is 0 Å². The molecule has 5 heteroatoms. The van der Waals surface area contributed by atoms with E-state index in [-0.39, 0.29) is 6.42 Å². The topological polar surface area (TPSA) is 53.4 Å². The number of hydrogen-bond acceptors (Lipinski definition) is 3. The van der Waals surface area contributed by atoms with Gasteiger partial charge in [-0.3, -0.25) is 4.79 Å². The molecule has 0 amide bonds. The molecular weight excluding hydrogens is 252 g/mol. The number of carboxylic acids is 1. The number of unbranched alkanes of at least 4 members (excludes halogenated alkanes) is 2. The molecule has 1 N–H and O–H groups in total. The molecular formula is C13H19ClN2O2. The summed E-state index contributed by atoms with van der Waals surface area (Å²) in [7, 11) is 0. The second kappa shape index (κ2) is 7.93. The number of halogens is 1. The zero-order valence-corrected chi connectivity index (χ0v) is 11.4. The number of pyridine rings is 1. The van der Waals surface area contributed by atoms with Crippen molar-refractivity contribution in [2.24, 2.45) is 0 Å². The number of aliphatic carboxylic acids is 1. The molecule has 0 aromatic carbocycles. The lowest BCUT2D eigenvalue weighted by Crippen LogP contribution is -2.28. The van der Waals surface area contributed by atoms with Gasteiger partial charge in [0.2, 0.25) is 0 Å². The molecule has 1 aromatic rings. The molecule has 0 fully saturated rings. The third-order valence-corrected chi connectivity index (χ3v) is 2.89. The first-order valence-electron chi connectivity index (χ1n) is 6.21. The largest absolute Gasteiger partial charge is 0.481 e. The minimum atomic E-state index is -0.788. The van der Waals surface area contributed by atoms with Crippen LogP contribution in [0.25, 0.3) is 0 Å². The third kappa shape index (κ3) is 5.36. The van der Waals surface area contributed by atoms with Crippen molar-refractivity contribution < 1.29 is 9.90 Å². The molecule has 0 bridgehead atoms. The van der Waals surface area contributed by atoms with Crippen molar-refractivity contribution in [2.75, 3.05) is 18.0 Å². The number of rotatable bonds is 8. The van der Waals surface area contributed by atoms with Gasteiger partial charge in [-0.05, 0) is 18.6 Å². The minimum absolute atomic E-state index is 0.121. The Bertz CT molecular complexity index is 368. The van der Waals surface area contributed by atoms with Crippen LogP contribution in [0, 0.1) is 0 Å². The van der Waals surface area contributed by atoms with E-state index in [1.165, 1.54) is 0 Å². The van der Waals surface area contributed by atoms with E-state index in [9.17, 15) is 4.79 Å². The van der Waals surface area contributed by atoms with Crippen LogP contribution in [0.5, 0.6) is 0 Å². The average molecular weight is 271 g/mol. The fourth-order valence-corrected chi connectivity index (χ4v) is 1.79. The number of carbonyl (C=O) groups is 1. The lowest BCUT2D eigenvalue weighted by molar-refractivity contribution is -0.136. The van der Waals surface area contributed by atoms with Crippen molar-refractivity contribution in [3.63, 3.8) is 0 Å². The van der Waals surface area contributed by atoms with Crippen molar-refractivity contribution in [3.05, 3.63) is 23.4 Å². The summed E-state index contributed by atoms with van der Waals surface area (Å²) in [5.74, 6) is 0.00112. The van der Waals surface area contributed by atoms with Gasteiger partial charge in [-0.15, -0.1) is 0 Å². The Morgan fingerprint density at radius 1 is 1.39 bits per heavy atom. The van der Waals surface area contributed by atoms with E-state index in [0.29, 0.717) is 11.6 Å². The third-order valence-electron chi connectivity index (χ3n) is 2.66. The zero-order chi connectivity index (χ0) is 13.4. The fourth-order valence-electron chi connectivity index (χ4n) is 1.68. The highest BCUT2D eigenvalue weighted by Gasteiger charge is 2.09. The van der Waals surface area contributed by atoms with E-state index < -0.39 is 5.97 Å². The Labute approximate surface area is 113 Å². The molecule has 0 aliphatic heterocycles. The number of aromatic nitrogens is 1. The minimum Gasteiger partial charge on any atom is -0.481 e. The first-order chi connectivity index (χ1) is 8.63. The summed E-state index contributed by atoms with van der Waals surface area (Å²) in [6, 6.07) is 3.60. The molecule has 0 radical (unpaired) electrons. The van der Waals surface area contributed by atoms with Crippen LogP contribution in [-0.4, -0.2) is 29.1 Å². The summed E-state index contributed by atoms with van der Waals surface area (Å²) in [4.78, 5) is 16.9. The lowest BCUT2D eigenvalue weighted by Gasteiger charge is -2.22. The lowest BCUT2D eigenvalue weighted by atomic mass is 10.2. The van der Waals surface area contributed by atoms with Crippen molar-refractivity contribution in [2.45, 2.75) is 32.6 Å². The SMILES string of the molecule is CCCCCN(CCC(=O)O)c1ccc(Cl)cn1. The van der Waals surface area contributed by atoms with E-state index in [4.69, 9.17) is 16.7 Å². The maximum Gasteiger partial charge on any atom is 0.305 e. The maximum atomic E-state index is 10.7. The Hall–Kier alpha value is -1.29. The van der Waals surface area contributed by atoms with Crippen LogP contribution in [0.3, 0.4) is 0 Å². The van der Waals surface area contributed by atoms with E-state index in [1.807, 2.05) is 11.0 Å². The number of carboxylic acid groups (broad SMARTS) is 1. The normalized spacial score (nSPS) is 10.3. The summed E-state index contributed by atoms with van der Waals surface area (Å²) < 4.78 is 0. The second-order valence-electron chi connectivity index (χ2n) is 4.17. The van der Waals surface area contributed by atoms with Gasteiger partial charge in [0.15, 0.2) is 0 Å².